The minimum Gasteiger partial charge on any atom is -0.462 e. The number of hydrogen-bond donors (Lipinski definition) is 3. The Balaban J connectivity index is 5.21. The third kappa shape index (κ3) is 76.3. The van der Waals surface area contributed by atoms with Crippen molar-refractivity contribution < 1.29 is 80.2 Å². The number of esters is 4. The van der Waals surface area contributed by atoms with E-state index in [1.807, 2.05) is 0 Å². The number of phosphoric acid groups is 2. The number of unbranched alkanes of at least 4 members (excludes halogenated alkanes) is 52. The van der Waals surface area contributed by atoms with Crippen molar-refractivity contribution in [2.24, 2.45) is 11.8 Å². The number of rotatable bonds is 82. The zero-order valence-electron chi connectivity index (χ0n) is 66.9. The van der Waals surface area contributed by atoms with Crippen molar-refractivity contribution in [2.75, 3.05) is 39.6 Å². The summed E-state index contributed by atoms with van der Waals surface area (Å²) in [5, 5.41) is 10.6. The van der Waals surface area contributed by atoms with Gasteiger partial charge in [-0.2, -0.15) is 0 Å². The molecule has 0 spiro atoms. The summed E-state index contributed by atoms with van der Waals surface area (Å²) in [6.45, 7) is 9.67. The number of aliphatic hydroxyl groups is 1. The molecule has 17 nitrogen and oxygen atoms in total. The van der Waals surface area contributed by atoms with E-state index in [-0.39, 0.29) is 25.7 Å². The molecule has 5 atom stereocenters. The Kier molecular flexibility index (Phi) is 73.1. The molecule has 0 rings (SSSR count). The molecule has 0 saturated heterocycles. The normalized spacial score (nSPS) is 13.9. The zero-order chi connectivity index (χ0) is 74.9. The Labute approximate surface area is 626 Å². The van der Waals surface area contributed by atoms with Crippen molar-refractivity contribution in [2.45, 2.75) is 458 Å². The van der Waals surface area contributed by atoms with Crippen molar-refractivity contribution in [3.8, 4) is 0 Å². The van der Waals surface area contributed by atoms with Gasteiger partial charge in [-0.25, -0.2) is 9.13 Å². The van der Waals surface area contributed by atoms with Crippen LogP contribution in [-0.4, -0.2) is 96.7 Å². The predicted molar refractivity (Wildman–Crippen MR) is 418 cm³/mol. The van der Waals surface area contributed by atoms with Gasteiger partial charge in [0.25, 0.3) is 0 Å². The van der Waals surface area contributed by atoms with Crippen LogP contribution in [-0.2, 0) is 65.4 Å². The summed E-state index contributed by atoms with van der Waals surface area (Å²) in [6.07, 6.45) is 65.3. The van der Waals surface area contributed by atoms with Crippen LogP contribution in [0.5, 0.6) is 0 Å². The van der Waals surface area contributed by atoms with Gasteiger partial charge in [-0.3, -0.25) is 37.3 Å². The minimum absolute atomic E-state index is 0.107. The molecule has 0 radical (unpaired) electrons. The Bertz CT molecular complexity index is 1960. The first-order valence-corrected chi connectivity index (χ1v) is 46.0. The molecule has 0 aromatic heterocycles. The molecule has 0 saturated carbocycles. The van der Waals surface area contributed by atoms with Gasteiger partial charge >= 0.3 is 39.5 Å². The fourth-order valence-corrected chi connectivity index (χ4v) is 14.5. The van der Waals surface area contributed by atoms with Crippen LogP contribution in [0.25, 0.3) is 0 Å². The lowest BCUT2D eigenvalue weighted by atomic mass is 10.0. The maximum atomic E-state index is 13.1. The van der Waals surface area contributed by atoms with Crippen LogP contribution in [0.4, 0.5) is 0 Å². The van der Waals surface area contributed by atoms with E-state index >= 15 is 0 Å². The SMILES string of the molecule is CCCCCCCCCCCCCCCCCCCCC(=O)OC[C@H](COP(=O)(O)OC[C@@H](O)COP(=O)(O)OC[C@@H](COC(=O)CCCCCCCCCCC)OC(=O)CCCCCCCCCCCCCC(C)C)OC(=O)CCCCCCCCCCCCCCCCCCCCC(C)C. The van der Waals surface area contributed by atoms with E-state index in [9.17, 15) is 43.2 Å². The van der Waals surface area contributed by atoms with Crippen LogP contribution in [0.3, 0.4) is 0 Å². The number of ether oxygens (including phenoxy) is 4. The quantitative estimate of drug-likeness (QED) is 0.0222. The van der Waals surface area contributed by atoms with Crippen LogP contribution in [0.2, 0.25) is 0 Å². The summed E-state index contributed by atoms with van der Waals surface area (Å²) in [4.78, 5) is 73.0. The molecule has 0 aliphatic rings. The van der Waals surface area contributed by atoms with Gasteiger partial charge < -0.3 is 33.8 Å². The van der Waals surface area contributed by atoms with E-state index in [0.29, 0.717) is 25.7 Å². The molecule has 0 aliphatic heterocycles. The van der Waals surface area contributed by atoms with Gasteiger partial charge in [-0.15, -0.1) is 0 Å². The highest BCUT2D eigenvalue weighted by atomic mass is 31.2. The fraction of sp³-hybridized carbons (Fsp3) is 0.952. The number of aliphatic hydroxyl groups excluding tert-OH is 1. The highest BCUT2D eigenvalue weighted by Crippen LogP contribution is 2.45. The lowest BCUT2D eigenvalue weighted by Gasteiger charge is -2.21. The molecular formula is C83H162O17P2. The first kappa shape index (κ1) is 100. The molecule has 0 aromatic carbocycles. The van der Waals surface area contributed by atoms with E-state index in [4.69, 9.17) is 37.0 Å². The maximum absolute atomic E-state index is 13.1. The van der Waals surface area contributed by atoms with Crippen molar-refractivity contribution in [3.63, 3.8) is 0 Å². The lowest BCUT2D eigenvalue weighted by molar-refractivity contribution is -0.161. The van der Waals surface area contributed by atoms with E-state index in [1.54, 1.807) is 0 Å². The van der Waals surface area contributed by atoms with Gasteiger partial charge in [0.15, 0.2) is 12.2 Å². The monoisotopic (exact) mass is 1490 g/mol. The number of carbonyl (C=O) groups is 4. The highest BCUT2D eigenvalue weighted by molar-refractivity contribution is 7.47. The van der Waals surface area contributed by atoms with Gasteiger partial charge in [0, 0.05) is 25.7 Å². The zero-order valence-corrected chi connectivity index (χ0v) is 68.7. The van der Waals surface area contributed by atoms with Crippen LogP contribution < -0.4 is 0 Å². The Morgan fingerprint density at radius 3 is 0.667 bits per heavy atom. The summed E-state index contributed by atoms with van der Waals surface area (Å²) >= 11 is 0. The van der Waals surface area contributed by atoms with E-state index < -0.39 is 97.5 Å². The smallest absolute Gasteiger partial charge is 0.462 e. The summed E-state index contributed by atoms with van der Waals surface area (Å²) in [5.74, 6) is -0.521. The Hall–Kier alpha value is -1.94. The fourth-order valence-electron chi connectivity index (χ4n) is 12.9. The van der Waals surface area contributed by atoms with Crippen molar-refractivity contribution in [3.05, 3.63) is 0 Å². The lowest BCUT2D eigenvalue weighted by Crippen LogP contribution is -2.30. The molecule has 0 aliphatic carbocycles. The van der Waals surface area contributed by atoms with Gasteiger partial charge in [0.2, 0.25) is 0 Å². The first-order valence-electron chi connectivity index (χ1n) is 43.0. The second-order valence-electron chi connectivity index (χ2n) is 30.8. The molecule has 0 aromatic rings. The van der Waals surface area contributed by atoms with Crippen LogP contribution in [0, 0.1) is 11.8 Å². The molecule has 19 heteroatoms. The van der Waals surface area contributed by atoms with Crippen molar-refractivity contribution >= 4 is 39.5 Å². The average Bonchev–Trinajstić information content (AvgIpc) is 1.07. The molecule has 0 heterocycles. The molecule has 0 amide bonds. The summed E-state index contributed by atoms with van der Waals surface area (Å²) in [7, 11) is -9.92. The molecule has 0 bridgehead atoms. The molecule has 3 N–H and O–H groups in total. The molecule has 0 fully saturated rings. The van der Waals surface area contributed by atoms with Gasteiger partial charge in [0.1, 0.15) is 19.3 Å². The molecule has 2 unspecified atom stereocenters. The Morgan fingerprint density at radius 2 is 0.451 bits per heavy atom. The number of phosphoric ester groups is 2. The third-order valence-corrected chi connectivity index (χ3v) is 21.4. The summed E-state index contributed by atoms with van der Waals surface area (Å²) in [5.41, 5.74) is 0. The van der Waals surface area contributed by atoms with Crippen LogP contribution in [0.15, 0.2) is 0 Å². The molecule has 102 heavy (non-hydrogen) atoms. The largest absolute Gasteiger partial charge is 0.472 e. The van der Waals surface area contributed by atoms with E-state index in [2.05, 4.69) is 41.5 Å². The van der Waals surface area contributed by atoms with Crippen LogP contribution >= 0.6 is 15.6 Å². The third-order valence-electron chi connectivity index (χ3n) is 19.5. The van der Waals surface area contributed by atoms with Crippen molar-refractivity contribution in [1.82, 2.24) is 0 Å². The molecular weight excluding hydrogens is 1330 g/mol. The Morgan fingerprint density at radius 1 is 0.265 bits per heavy atom. The first-order chi connectivity index (χ1) is 49.4. The van der Waals surface area contributed by atoms with Gasteiger partial charge in [-0.05, 0) is 37.5 Å². The topological polar surface area (TPSA) is 237 Å². The second kappa shape index (κ2) is 74.5. The summed E-state index contributed by atoms with van der Waals surface area (Å²) in [6, 6.07) is 0. The van der Waals surface area contributed by atoms with Gasteiger partial charge in [-0.1, -0.05) is 388 Å². The second-order valence-corrected chi connectivity index (χ2v) is 33.7. The van der Waals surface area contributed by atoms with Crippen LogP contribution in [0.1, 0.15) is 440 Å². The minimum atomic E-state index is -4.96. The average molecular weight is 1490 g/mol. The standard InChI is InChI=1S/C83H162O17P2/c1-7-9-11-13-15-17-18-19-20-21-25-28-31-36-42-48-54-60-66-81(86)94-72-79(100-82(87)67-61-55-49-43-37-32-29-26-23-22-24-27-30-34-40-45-51-57-63-75(3)4)74-98-102(91,92)96-70-77(84)69-95-101(89,90)97-73-78(71-93-80(85)65-59-53-47-39-16-14-12-10-8-2)99-83(88)68-62-56-50-44-38-33-35-41-46-52-58-64-76(5)6/h75-79,84H,7-74H2,1-6H3,(H,89,90)(H,91,92)/t77-,78+,79+/m0/s1. The number of carbonyl (C=O) groups excluding carboxylic acids is 4. The van der Waals surface area contributed by atoms with Crippen molar-refractivity contribution in [1.29, 1.82) is 0 Å². The summed E-state index contributed by atoms with van der Waals surface area (Å²) < 4.78 is 68.7. The predicted octanol–water partition coefficient (Wildman–Crippen LogP) is 25.1. The highest BCUT2D eigenvalue weighted by Gasteiger charge is 2.30. The maximum Gasteiger partial charge on any atom is 0.472 e. The van der Waals surface area contributed by atoms with Gasteiger partial charge in [0.05, 0.1) is 26.4 Å². The van der Waals surface area contributed by atoms with E-state index in [1.165, 1.54) is 257 Å². The number of hydrogen-bond acceptors (Lipinski definition) is 15. The molecule has 606 valence electrons. The van der Waals surface area contributed by atoms with E-state index in [0.717, 1.165) is 102 Å².